The lowest BCUT2D eigenvalue weighted by atomic mass is 10.0. The van der Waals surface area contributed by atoms with Gasteiger partial charge in [0.05, 0.1) is 18.2 Å². The summed E-state index contributed by atoms with van der Waals surface area (Å²) in [5.74, 6) is -0.727. The maximum absolute atomic E-state index is 13.2. The third-order valence-electron chi connectivity index (χ3n) is 4.66. The highest BCUT2D eigenvalue weighted by Crippen LogP contribution is 2.36. The van der Waals surface area contributed by atoms with E-state index in [0.717, 1.165) is 5.56 Å². The molecule has 4 rings (SSSR count). The molecule has 6 heteroatoms. The SMILES string of the molecule is COc1cccc2oc(=O)c(Cc3ccccc3)c(OC(=O)c3ccc(F)cc3)c12. The number of hydrogen-bond acceptors (Lipinski definition) is 5. The number of fused-ring (bicyclic) bond motifs is 1. The van der Waals surface area contributed by atoms with E-state index in [0.29, 0.717) is 11.1 Å². The lowest BCUT2D eigenvalue weighted by Crippen LogP contribution is -2.16. The maximum Gasteiger partial charge on any atom is 0.343 e. The Morgan fingerprint density at radius 2 is 1.70 bits per heavy atom. The van der Waals surface area contributed by atoms with Gasteiger partial charge in [-0.3, -0.25) is 0 Å². The van der Waals surface area contributed by atoms with Crippen LogP contribution in [0.2, 0.25) is 0 Å². The van der Waals surface area contributed by atoms with Gasteiger partial charge in [0.15, 0.2) is 5.75 Å². The van der Waals surface area contributed by atoms with Gasteiger partial charge in [0.2, 0.25) is 0 Å². The summed E-state index contributed by atoms with van der Waals surface area (Å²) in [6.07, 6.45) is 0.198. The highest BCUT2D eigenvalue weighted by Gasteiger charge is 2.22. The molecule has 0 aliphatic heterocycles. The predicted molar refractivity (Wildman–Crippen MR) is 110 cm³/mol. The van der Waals surface area contributed by atoms with E-state index in [4.69, 9.17) is 13.9 Å². The first-order valence-corrected chi connectivity index (χ1v) is 9.21. The molecule has 1 heterocycles. The van der Waals surface area contributed by atoms with Gasteiger partial charge >= 0.3 is 11.6 Å². The average molecular weight is 404 g/mol. The summed E-state index contributed by atoms with van der Waals surface area (Å²) >= 11 is 0. The van der Waals surface area contributed by atoms with Crippen LogP contribution in [0.3, 0.4) is 0 Å². The molecule has 0 saturated carbocycles. The Morgan fingerprint density at radius 1 is 0.967 bits per heavy atom. The van der Waals surface area contributed by atoms with Gasteiger partial charge in [0.1, 0.15) is 22.5 Å². The molecule has 0 spiro atoms. The summed E-state index contributed by atoms with van der Waals surface area (Å²) in [5.41, 5.74) is 0.810. The third kappa shape index (κ3) is 3.80. The number of esters is 1. The zero-order valence-corrected chi connectivity index (χ0v) is 16.1. The molecule has 0 fully saturated rings. The number of benzene rings is 3. The Labute approximate surface area is 171 Å². The smallest absolute Gasteiger partial charge is 0.343 e. The number of hydrogen-bond donors (Lipinski definition) is 0. The number of ether oxygens (including phenoxy) is 2. The molecule has 0 atom stereocenters. The summed E-state index contributed by atoms with van der Waals surface area (Å²) in [5, 5.41) is 0.376. The fourth-order valence-corrected chi connectivity index (χ4v) is 3.20. The molecule has 1 aromatic heterocycles. The van der Waals surface area contributed by atoms with E-state index in [9.17, 15) is 14.0 Å². The van der Waals surface area contributed by atoms with E-state index in [2.05, 4.69) is 0 Å². The number of rotatable bonds is 5. The lowest BCUT2D eigenvalue weighted by Gasteiger charge is -2.14. The topological polar surface area (TPSA) is 65.7 Å². The quantitative estimate of drug-likeness (QED) is 0.355. The highest BCUT2D eigenvalue weighted by molar-refractivity contribution is 5.96. The molecular weight excluding hydrogens is 387 g/mol. The first-order chi connectivity index (χ1) is 14.6. The van der Waals surface area contributed by atoms with Crippen molar-refractivity contribution in [2.45, 2.75) is 6.42 Å². The van der Waals surface area contributed by atoms with Crippen LogP contribution in [0.5, 0.6) is 11.5 Å². The fourth-order valence-electron chi connectivity index (χ4n) is 3.20. The predicted octanol–water partition coefficient (Wildman–Crippen LogP) is 4.75. The standard InChI is InChI=1S/C24H17FO5/c1-28-19-8-5-9-20-21(19)22(30-23(26)16-10-12-17(25)13-11-16)18(24(27)29-20)14-15-6-3-2-4-7-15/h2-13H,14H2,1H3. The molecule has 30 heavy (non-hydrogen) atoms. The van der Waals surface area contributed by atoms with Crippen LogP contribution in [0.25, 0.3) is 11.0 Å². The second kappa shape index (κ2) is 8.21. The molecule has 0 amide bonds. The van der Waals surface area contributed by atoms with Crippen LogP contribution in [0.1, 0.15) is 21.5 Å². The minimum atomic E-state index is -0.720. The van der Waals surface area contributed by atoms with E-state index in [1.54, 1.807) is 18.2 Å². The van der Waals surface area contributed by atoms with Crippen molar-refractivity contribution in [3.8, 4) is 11.5 Å². The first-order valence-electron chi connectivity index (χ1n) is 9.21. The van der Waals surface area contributed by atoms with E-state index < -0.39 is 17.4 Å². The monoisotopic (exact) mass is 404 g/mol. The molecule has 0 bridgehead atoms. The maximum atomic E-state index is 13.2. The molecule has 0 unspecified atom stereocenters. The van der Waals surface area contributed by atoms with Crippen molar-refractivity contribution in [3.63, 3.8) is 0 Å². The summed E-state index contributed by atoms with van der Waals surface area (Å²) in [6, 6.07) is 19.2. The average Bonchev–Trinajstić information content (AvgIpc) is 2.76. The Kier molecular flexibility index (Phi) is 5.30. The van der Waals surface area contributed by atoms with Gasteiger partial charge in [-0.2, -0.15) is 0 Å². The van der Waals surface area contributed by atoms with E-state index in [1.807, 2.05) is 30.3 Å². The van der Waals surface area contributed by atoms with Gasteiger partial charge in [0.25, 0.3) is 0 Å². The molecule has 0 saturated heterocycles. The van der Waals surface area contributed by atoms with Gasteiger partial charge in [-0.25, -0.2) is 14.0 Å². The second-order valence-electron chi connectivity index (χ2n) is 6.59. The molecular formula is C24H17FO5. The second-order valence-corrected chi connectivity index (χ2v) is 6.59. The summed E-state index contributed by atoms with van der Waals surface area (Å²) in [7, 11) is 1.47. The van der Waals surface area contributed by atoms with Gasteiger partial charge in [-0.05, 0) is 42.0 Å². The fraction of sp³-hybridized carbons (Fsp3) is 0.0833. The van der Waals surface area contributed by atoms with Crippen LogP contribution in [-0.4, -0.2) is 13.1 Å². The number of carbonyl (C=O) groups excluding carboxylic acids is 1. The van der Waals surface area contributed by atoms with Crippen molar-refractivity contribution < 1.29 is 23.1 Å². The summed E-state index contributed by atoms with van der Waals surface area (Å²) < 4.78 is 29.8. The van der Waals surface area contributed by atoms with E-state index >= 15 is 0 Å². The minimum absolute atomic E-state index is 0.0666. The zero-order chi connectivity index (χ0) is 21.1. The summed E-state index contributed by atoms with van der Waals surface area (Å²) in [6.45, 7) is 0. The molecule has 0 aliphatic carbocycles. The Bertz CT molecular complexity index is 1260. The number of carbonyl (C=O) groups is 1. The van der Waals surface area contributed by atoms with Crippen molar-refractivity contribution in [1.82, 2.24) is 0 Å². The molecule has 4 aromatic rings. The van der Waals surface area contributed by atoms with Crippen LogP contribution in [0.4, 0.5) is 4.39 Å². The van der Waals surface area contributed by atoms with Gasteiger partial charge in [-0.1, -0.05) is 36.4 Å². The van der Waals surface area contributed by atoms with Crippen LogP contribution in [-0.2, 0) is 6.42 Å². The lowest BCUT2D eigenvalue weighted by molar-refractivity contribution is 0.0734. The van der Waals surface area contributed by atoms with Crippen LogP contribution < -0.4 is 15.1 Å². The van der Waals surface area contributed by atoms with Crippen molar-refractivity contribution in [3.05, 3.63) is 106 Å². The number of halogens is 1. The minimum Gasteiger partial charge on any atom is -0.496 e. The van der Waals surface area contributed by atoms with Crippen LogP contribution in [0.15, 0.2) is 82.0 Å². The largest absolute Gasteiger partial charge is 0.496 e. The molecule has 0 N–H and O–H groups in total. The first kappa shape index (κ1) is 19.4. The normalized spacial score (nSPS) is 10.7. The Balaban J connectivity index is 1.89. The van der Waals surface area contributed by atoms with Gasteiger partial charge in [0, 0.05) is 6.42 Å². The molecule has 5 nitrogen and oxygen atoms in total. The molecule has 3 aromatic carbocycles. The number of methoxy groups -OCH3 is 1. The van der Waals surface area contributed by atoms with Crippen molar-refractivity contribution in [1.29, 1.82) is 0 Å². The van der Waals surface area contributed by atoms with Gasteiger partial charge < -0.3 is 13.9 Å². The van der Waals surface area contributed by atoms with Crippen molar-refractivity contribution in [2.75, 3.05) is 7.11 Å². The Morgan fingerprint density at radius 3 is 2.40 bits per heavy atom. The summed E-state index contributed by atoms with van der Waals surface area (Å²) in [4.78, 5) is 25.5. The molecule has 0 aliphatic rings. The van der Waals surface area contributed by atoms with E-state index in [1.165, 1.54) is 31.4 Å². The highest BCUT2D eigenvalue weighted by atomic mass is 19.1. The Hall–Kier alpha value is -3.93. The molecule has 0 radical (unpaired) electrons. The van der Waals surface area contributed by atoms with Crippen LogP contribution >= 0.6 is 0 Å². The molecule has 150 valence electrons. The zero-order valence-electron chi connectivity index (χ0n) is 16.1. The van der Waals surface area contributed by atoms with E-state index in [-0.39, 0.29) is 28.9 Å². The van der Waals surface area contributed by atoms with Gasteiger partial charge in [-0.15, -0.1) is 0 Å². The van der Waals surface area contributed by atoms with Crippen LogP contribution in [0, 0.1) is 5.82 Å². The van der Waals surface area contributed by atoms with Crippen molar-refractivity contribution in [2.24, 2.45) is 0 Å². The third-order valence-corrected chi connectivity index (χ3v) is 4.66. The van der Waals surface area contributed by atoms with Crippen molar-refractivity contribution >= 4 is 16.9 Å².